The summed E-state index contributed by atoms with van der Waals surface area (Å²) in [6.07, 6.45) is 0. The van der Waals surface area contributed by atoms with Crippen LogP contribution >= 0.6 is 0 Å². The molecule has 3 N–H and O–H groups in total. The van der Waals surface area contributed by atoms with Crippen molar-refractivity contribution in [3.63, 3.8) is 0 Å². The summed E-state index contributed by atoms with van der Waals surface area (Å²) in [6.45, 7) is 1.07. The van der Waals surface area contributed by atoms with Gasteiger partial charge in [0, 0.05) is 19.1 Å². The van der Waals surface area contributed by atoms with Crippen LogP contribution in [0.2, 0.25) is 0 Å². The SMILES string of the molecule is COc1ccc(O)c(C(=O)N2CC(N)C2)c1. The van der Waals surface area contributed by atoms with E-state index < -0.39 is 0 Å². The van der Waals surface area contributed by atoms with Crippen molar-refractivity contribution >= 4 is 5.91 Å². The van der Waals surface area contributed by atoms with Crippen LogP contribution in [0, 0.1) is 0 Å². The number of aromatic hydroxyl groups is 1. The number of phenolic OH excluding ortho intramolecular Hbond substituents is 1. The van der Waals surface area contributed by atoms with E-state index in [1.165, 1.54) is 19.2 Å². The third-order valence-electron chi connectivity index (χ3n) is 2.63. The minimum absolute atomic E-state index is 0.0359. The predicted molar refractivity (Wildman–Crippen MR) is 58.5 cm³/mol. The summed E-state index contributed by atoms with van der Waals surface area (Å²) >= 11 is 0. The molecule has 1 aliphatic rings. The Kier molecular flexibility index (Phi) is 2.70. The Bertz CT molecular complexity index is 414. The van der Waals surface area contributed by atoms with Crippen LogP contribution in [0.5, 0.6) is 11.5 Å². The first kappa shape index (κ1) is 10.8. The lowest BCUT2D eigenvalue weighted by Gasteiger charge is -2.36. The van der Waals surface area contributed by atoms with E-state index >= 15 is 0 Å². The van der Waals surface area contributed by atoms with E-state index in [0.717, 1.165) is 0 Å². The lowest BCUT2D eigenvalue weighted by atomic mass is 10.1. The maximum atomic E-state index is 11.9. The summed E-state index contributed by atoms with van der Waals surface area (Å²) in [4.78, 5) is 13.5. The van der Waals surface area contributed by atoms with Gasteiger partial charge in [0.15, 0.2) is 0 Å². The van der Waals surface area contributed by atoms with Crippen molar-refractivity contribution in [2.75, 3.05) is 20.2 Å². The Balaban J connectivity index is 2.22. The normalized spacial score (nSPS) is 15.8. The molecule has 1 aromatic rings. The molecule has 1 aliphatic heterocycles. The number of hydrogen-bond donors (Lipinski definition) is 2. The quantitative estimate of drug-likeness (QED) is 0.748. The second kappa shape index (κ2) is 4.02. The van der Waals surface area contributed by atoms with Crippen LogP contribution in [0.4, 0.5) is 0 Å². The fourth-order valence-electron chi connectivity index (χ4n) is 1.66. The number of phenols is 1. The Morgan fingerprint density at radius 2 is 2.25 bits per heavy atom. The van der Waals surface area contributed by atoms with E-state index in [4.69, 9.17) is 10.5 Å². The molecule has 5 heteroatoms. The minimum Gasteiger partial charge on any atom is -0.507 e. The van der Waals surface area contributed by atoms with Crippen molar-refractivity contribution < 1.29 is 14.6 Å². The molecule has 1 aromatic carbocycles. The van der Waals surface area contributed by atoms with Crippen LogP contribution in [-0.2, 0) is 0 Å². The molecule has 1 amide bonds. The molecule has 1 fully saturated rings. The maximum absolute atomic E-state index is 11.9. The number of rotatable bonds is 2. The van der Waals surface area contributed by atoms with Gasteiger partial charge in [-0.15, -0.1) is 0 Å². The zero-order valence-corrected chi connectivity index (χ0v) is 9.01. The average Bonchev–Trinajstić information content (AvgIpc) is 2.25. The molecule has 2 rings (SSSR count). The van der Waals surface area contributed by atoms with Crippen molar-refractivity contribution in [3.8, 4) is 11.5 Å². The third-order valence-corrected chi connectivity index (χ3v) is 2.63. The maximum Gasteiger partial charge on any atom is 0.257 e. The number of carbonyl (C=O) groups is 1. The molecular weight excluding hydrogens is 208 g/mol. The van der Waals surface area contributed by atoms with Crippen LogP contribution in [0.25, 0.3) is 0 Å². The van der Waals surface area contributed by atoms with E-state index in [9.17, 15) is 9.90 Å². The molecule has 0 spiro atoms. The van der Waals surface area contributed by atoms with E-state index in [2.05, 4.69) is 0 Å². The van der Waals surface area contributed by atoms with Crippen LogP contribution in [0.3, 0.4) is 0 Å². The largest absolute Gasteiger partial charge is 0.507 e. The molecule has 0 aromatic heterocycles. The molecule has 0 bridgehead atoms. The topological polar surface area (TPSA) is 75.8 Å². The highest BCUT2D eigenvalue weighted by Crippen LogP contribution is 2.25. The van der Waals surface area contributed by atoms with Crippen LogP contribution < -0.4 is 10.5 Å². The number of likely N-dealkylation sites (tertiary alicyclic amines) is 1. The molecule has 86 valence electrons. The number of nitrogens with two attached hydrogens (primary N) is 1. The summed E-state index contributed by atoms with van der Waals surface area (Å²) < 4.78 is 5.01. The summed E-state index contributed by atoms with van der Waals surface area (Å²) in [5.74, 6) is 0.301. The molecular formula is C11H14N2O3. The van der Waals surface area contributed by atoms with Gasteiger partial charge in [0.1, 0.15) is 11.5 Å². The summed E-state index contributed by atoms with van der Waals surface area (Å²) in [7, 11) is 1.51. The molecule has 0 radical (unpaired) electrons. The predicted octanol–water partition coefficient (Wildman–Crippen LogP) is 0.184. The van der Waals surface area contributed by atoms with Gasteiger partial charge in [-0.25, -0.2) is 0 Å². The Labute approximate surface area is 93.4 Å². The van der Waals surface area contributed by atoms with Gasteiger partial charge >= 0.3 is 0 Å². The fraction of sp³-hybridized carbons (Fsp3) is 0.364. The molecule has 1 saturated heterocycles. The van der Waals surface area contributed by atoms with E-state index in [0.29, 0.717) is 18.8 Å². The second-order valence-corrected chi connectivity index (χ2v) is 3.85. The number of carbonyl (C=O) groups excluding carboxylic acids is 1. The van der Waals surface area contributed by atoms with E-state index in [1.54, 1.807) is 11.0 Å². The number of hydrogen-bond acceptors (Lipinski definition) is 4. The van der Waals surface area contributed by atoms with Crippen molar-refractivity contribution in [2.45, 2.75) is 6.04 Å². The standard InChI is InChI=1S/C11H14N2O3/c1-16-8-2-3-10(14)9(4-8)11(15)13-5-7(12)6-13/h2-4,7,14H,5-6,12H2,1H3. The molecule has 16 heavy (non-hydrogen) atoms. The summed E-state index contributed by atoms with van der Waals surface area (Å²) in [5, 5.41) is 9.60. The number of benzene rings is 1. The Morgan fingerprint density at radius 3 is 2.81 bits per heavy atom. The number of methoxy groups -OCH3 is 1. The molecule has 0 saturated carbocycles. The lowest BCUT2D eigenvalue weighted by Crippen LogP contribution is -2.57. The lowest BCUT2D eigenvalue weighted by molar-refractivity contribution is 0.0604. The van der Waals surface area contributed by atoms with Gasteiger partial charge in [-0.05, 0) is 18.2 Å². The highest BCUT2D eigenvalue weighted by molar-refractivity contribution is 5.97. The number of ether oxygens (including phenoxy) is 1. The van der Waals surface area contributed by atoms with Gasteiger partial charge in [0.05, 0.1) is 12.7 Å². The molecule has 0 aliphatic carbocycles. The van der Waals surface area contributed by atoms with Gasteiger partial charge in [0.2, 0.25) is 0 Å². The summed E-state index contributed by atoms with van der Waals surface area (Å²) in [6, 6.07) is 4.64. The van der Waals surface area contributed by atoms with Gasteiger partial charge in [-0.1, -0.05) is 0 Å². The highest BCUT2D eigenvalue weighted by Gasteiger charge is 2.29. The van der Waals surface area contributed by atoms with Gasteiger partial charge in [0.25, 0.3) is 5.91 Å². The highest BCUT2D eigenvalue weighted by atomic mass is 16.5. The first-order valence-corrected chi connectivity index (χ1v) is 5.03. The molecule has 1 heterocycles. The van der Waals surface area contributed by atoms with Gasteiger partial charge in [-0.3, -0.25) is 4.79 Å². The average molecular weight is 222 g/mol. The molecule has 0 atom stereocenters. The van der Waals surface area contributed by atoms with Crippen molar-refractivity contribution in [1.29, 1.82) is 0 Å². The second-order valence-electron chi connectivity index (χ2n) is 3.85. The molecule has 5 nitrogen and oxygen atoms in total. The van der Waals surface area contributed by atoms with Crippen LogP contribution in [-0.4, -0.2) is 42.2 Å². The number of nitrogens with zero attached hydrogens (tertiary/aromatic N) is 1. The van der Waals surface area contributed by atoms with Crippen molar-refractivity contribution in [1.82, 2.24) is 4.90 Å². The Hall–Kier alpha value is -1.75. The first-order valence-electron chi connectivity index (χ1n) is 5.03. The van der Waals surface area contributed by atoms with Crippen molar-refractivity contribution in [3.05, 3.63) is 23.8 Å². The monoisotopic (exact) mass is 222 g/mol. The Morgan fingerprint density at radius 1 is 1.56 bits per heavy atom. The fourth-order valence-corrected chi connectivity index (χ4v) is 1.66. The van der Waals surface area contributed by atoms with Gasteiger partial charge in [-0.2, -0.15) is 0 Å². The van der Waals surface area contributed by atoms with Crippen LogP contribution in [0.1, 0.15) is 10.4 Å². The van der Waals surface area contributed by atoms with E-state index in [1.807, 2.05) is 0 Å². The van der Waals surface area contributed by atoms with Crippen LogP contribution in [0.15, 0.2) is 18.2 Å². The van der Waals surface area contributed by atoms with Gasteiger partial charge < -0.3 is 20.5 Å². The molecule has 0 unspecified atom stereocenters. The van der Waals surface area contributed by atoms with E-state index in [-0.39, 0.29) is 23.3 Å². The minimum atomic E-state index is -0.210. The zero-order chi connectivity index (χ0) is 11.7. The first-order chi connectivity index (χ1) is 7.61. The zero-order valence-electron chi connectivity index (χ0n) is 9.01. The third kappa shape index (κ3) is 1.81. The number of amides is 1. The summed E-state index contributed by atoms with van der Waals surface area (Å²) in [5.41, 5.74) is 5.85. The van der Waals surface area contributed by atoms with Crippen molar-refractivity contribution in [2.24, 2.45) is 5.73 Å². The smallest absolute Gasteiger partial charge is 0.257 e.